The molecule has 0 unspecified atom stereocenters. The molecule has 0 spiro atoms. The van der Waals surface area contributed by atoms with E-state index in [-0.39, 0.29) is 5.41 Å². The van der Waals surface area contributed by atoms with Crippen molar-refractivity contribution in [2.24, 2.45) is 0 Å². The van der Waals surface area contributed by atoms with E-state index >= 15 is 0 Å². The van der Waals surface area contributed by atoms with Crippen molar-refractivity contribution in [2.75, 3.05) is 0 Å². The van der Waals surface area contributed by atoms with Crippen molar-refractivity contribution in [1.29, 1.82) is 0 Å². The molecular formula is C43H29N3O. The smallest absolute Gasteiger partial charge is 0.160 e. The van der Waals surface area contributed by atoms with Crippen molar-refractivity contribution in [3.05, 3.63) is 151 Å². The van der Waals surface area contributed by atoms with Crippen LogP contribution >= 0.6 is 0 Å². The molecule has 0 atom stereocenters. The zero-order valence-corrected chi connectivity index (χ0v) is 26.0. The van der Waals surface area contributed by atoms with Crippen LogP contribution in [0.1, 0.15) is 25.1 Å². The third kappa shape index (κ3) is 3.64. The quantitative estimate of drug-likeness (QED) is 0.202. The second kappa shape index (κ2) is 9.51. The van der Waals surface area contributed by atoms with Crippen molar-refractivity contribution in [1.82, 2.24) is 14.5 Å². The number of aromatic nitrogens is 3. The lowest BCUT2D eigenvalue weighted by Gasteiger charge is -2.21. The molecule has 0 N–H and O–H groups in total. The number of hydrogen-bond donors (Lipinski definition) is 0. The van der Waals surface area contributed by atoms with Crippen molar-refractivity contribution < 1.29 is 4.42 Å². The fourth-order valence-corrected chi connectivity index (χ4v) is 7.79. The van der Waals surface area contributed by atoms with Gasteiger partial charge >= 0.3 is 0 Å². The molecule has 4 nitrogen and oxygen atoms in total. The number of benzene rings is 6. The second-order valence-electron chi connectivity index (χ2n) is 13.0. The van der Waals surface area contributed by atoms with Crippen LogP contribution in [-0.4, -0.2) is 14.5 Å². The summed E-state index contributed by atoms with van der Waals surface area (Å²) in [4.78, 5) is 10.5. The number of nitrogens with zero attached hydrogens (tertiary/aromatic N) is 3. The molecular weight excluding hydrogens is 574 g/mol. The maximum absolute atomic E-state index is 6.29. The molecule has 0 saturated heterocycles. The predicted octanol–water partition coefficient (Wildman–Crippen LogP) is 11.1. The van der Waals surface area contributed by atoms with E-state index in [0.29, 0.717) is 0 Å². The van der Waals surface area contributed by atoms with Crippen molar-refractivity contribution in [3.8, 4) is 39.5 Å². The normalized spacial score (nSPS) is 13.5. The molecule has 3 aromatic heterocycles. The molecule has 222 valence electrons. The SMILES string of the molecule is CC1(C)c2ccccc2-c2c(-c3ccc(-n4c5ccccc5c5c6c(ccc54)oc4ccccc46)cc3)nc(-c3ccccc3)nc21. The minimum atomic E-state index is -0.237. The van der Waals surface area contributed by atoms with Crippen molar-refractivity contribution >= 4 is 43.7 Å². The van der Waals surface area contributed by atoms with Gasteiger partial charge in [0, 0.05) is 49.3 Å². The van der Waals surface area contributed by atoms with E-state index < -0.39 is 0 Å². The Morgan fingerprint density at radius 3 is 2.13 bits per heavy atom. The Bertz CT molecular complexity index is 2700. The Labute approximate surface area is 271 Å². The molecule has 0 fully saturated rings. The molecule has 6 aromatic carbocycles. The van der Waals surface area contributed by atoms with Crippen LogP contribution in [0.25, 0.3) is 83.2 Å². The third-order valence-electron chi connectivity index (χ3n) is 9.98. The summed E-state index contributed by atoms with van der Waals surface area (Å²) in [6, 6.07) is 49.2. The van der Waals surface area contributed by atoms with Gasteiger partial charge in [-0.05, 0) is 47.5 Å². The molecule has 1 aliphatic carbocycles. The van der Waals surface area contributed by atoms with Crippen molar-refractivity contribution in [3.63, 3.8) is 0 Å². The van der Waals surface area contributed by atoms with E-state index in [9.17, 15) is 0 Å². The zero-order chi connectivity index (χ0) is 31.3. The molecule has 10 rings (SSSR count). The highest BCUT2D eigenvalue weighted by atomic mass is 16.3. The van der Waals surface area contributed by atoms with Crippen LogP contribution in [0, 0.1) is 0 Å². The topological polar surface area (TPSA) is 43.9 Å². The summed E-state index contributed by atoms with van der Waals surface area (Å²) in [5, 5.41) is 4.73. The lowest BCUT2D eigenvalue weighted by atomic mass is 9.85. The van der Waals surface area contributed by atoms with Crippen LogP contribution in [0.3, 0.4) is 0 Å². The highest BCUT2D eigenvalue weighted by molar-refractivity contribution is 6.27. The number of para-hydroxylation sites is 2. The minimum Gasteiger partial charge on any atom is -0.456 e. The number of furan rings is 1. The summed E-state index contributed by atoms with van der Waals surface area (Å²) >= 11 is 0. The summed E-state index contributed by atoms with van der Waals surface area (Å²) in [7, 11) is 0. The Hall–Kier alpha value is -6.00. The van der Waals surface area contributed by atoms with Gasteiger partial charge in [-0.15, -0.1) is 0 Å². The fraction of sp³-hybridized carbons (Fsp3) is 0.0698. The predicted molar refractivity (Wildman–Crippen MR) is 192 cm³/mol. The molecule has 4 heteroatoms. The first kappa shape index (κ1) is 26.2. The number of hydrogen-bond acceptors (Lipinski definition) is 3. The molecule has 0 amide bonds. The van der Waals surface area contributed by atoms with E-state index in [1.54, 1.807) is 0 Å². The van der Waals surface area contributed by atoms with Gasteiger partial charge in [0.05, 0.1) is 22.4 Å². The highest BCUT2D eigenvalue weighted by Crippen LogP contribution is 2.51. The van der Waals surface area contributed by atoms with Crippen LogP contribution in [0.15, 0.2) is 144 Å². The maximum atomic E-state index is 6.29. The van der Waals surface area contributed by atoms with Crippen LogP contribution < -0.4 is 0 Å². The Morgan fingerprint density at radius 1 is 0.553 bits per heavy atom. The number of fused-ring (bicyclic) bond motifs is 10. The second-order valence-corrected chi connectivity index (χ2v) is 13.0. The minimum absolute atomic E-state index is 0.237. The molecule has 9 aromatic rings. The summed E-state index contributed by atoms with van der Waals surface area (Å²) in [5.74, 6) is 0.753. The standard InChI is InChI=1S/C43H29N3O/c1-43(2)32-17-9-6-14-29(32)39-40(44-42(45-41(39)43)27-12-4-3-5-13-27)26-20-22-28(23-21-26)46-33-18-10-7-15-30(33)37-34(46)24-25-36-38(37)31-16-8-11-19-35(31)47-36/h3-25H,1-2H3. The van der Waals surface area contributed by atoms with Gasteiger partial charge in [-0.2, -0.15) is 0 Å². The van der Waals surface area contributed by atoms with Crippen LogP contribution in [0.5, 0.6) is 0 Å². The molecule has 0 saturated carbocycles. The Morgan fingerprint density at radius 2 is 1.28 bits per heavy atom. The first-order valence-electron chi connectivity index (χ1n) is 16.1. The van der Waals surface area contributed by atoms with E-state index in [0.717, 1.165) is 72.6 Å². The monoisotopic (exact) mass is 603 g/mol. The zero-order valence-electron chi connectivity index (χ0n) is 26.0. The number of rotatable bonds is 3. The van der Waals surface area contributed by atoms with Crippen LogP contribution in [0.2, 0.25) is 0 Å². The average Bonchev–Trinajstić information content (AvgIpc) is 3.74. The van der Waals surface area contributed by atoms with Gasteiger partial charge in [0.2, 0.25) is 0 Å². The summed E-state index contributed by atoms with van der Waals surface area (Å²) in [6.07, 6.45) is 0. The molecule has 0 bridgehead atoms. The largest absolute Gasteiger partial charge is 0.456 e. The van der Waals surface area contributed by atoms with Crippen LogP contribution in [0.4, 0.5) is 0 Å². The van der Waals surface area contributed by atoms with Gasteiger partial charge in [0.25, 0.3) is 0 Å². The van der Waals surface area contributed by atoms with Crippen LogP contribution in [-0.2, 0) is 5.41 Å². The van der Waals surface area contributed by atoms with Gasteiger partial charge in [-0.3, -0.25) is 0 Å². The van der Waals surface area contributed by atoms with Gasteiger partial charge < -0.3 is 8.98 Å². The molecule has 47 heavy (non-hydrogen) atoms. The Balaban J connectivity index is 1.20. The lowest BCUT2D eigenvalue weighted by Crippen LogP contribution is -2.17. The maximum Gasteiger partial charge on any atom is 0.160 e. The molecule has 1 aliphatic rings. The van der Waals surface area contributed by atoms with Gasteiger partial charge in [0.15, 0.2) is 5.82 Å². The molecule has 0 aliphatic heterocycles. The van der Waals surface area contributed by atoms with E-state index in [1.165, 1.54) is 21.9 Å². The van der Waals surface area contributed by atoms with Gasteiger partial charge in [-0.25, -0.2) is 9.97 Å². The Kier molecular flexibility index (Phi) is 5.31. The average molecular weight is 604 g/mol. The van der Waals surface area contributed by atoms with E-state index in [4.69, 9.17) is 14.4 Å². The van der Waals surface area contributed by atoms with Gasteiger partial charge in [0.1, 0.15) is 11.2 Å². The summed E-state index contributed by atoms with van der Waals surface area (Å²) in [6.45, 7) is 4.55. The first-order valence-corrected chi connectivity index (χ1v) is 16.1. The summed E-state index contributed by atoms with van der Waals surface area (Å²) < 4.78 is 8.65. The van der Waals surface area contributed by atoms with E-state index in [1.807, 2.05) is 30.3 Å². The molecule has 0 radical (unpaired) electrons. The lowest BCUT2D eigenvalue weighted by molar-refractivity contribution is 0.636. The highest BCUT2D eigenvalue weighted by Gasteiger charge is 2.39. The fourth-order valence-electron chi connectivity index (χ4n) is 7.79. The van der Waals surface area contributed by atoms with Gasteiger partial charge in [-0.1, -0.05) is 117 Å². The molecule has 3 heterocycles. The summed E-state index contributed by atoms with van der Waals surface area (Å²) in [5.41, 5.74) is 12.8. The first-order chi connectivity index (χ1) is 23.1. The third-order valence-corrected chi connectivity index (χ3v) is 9.98. The van der Waals surface area contributed by atoms with Crippen molar-refractivity contribution in [2.45, 2.75) is 19.3 Å². The van der Waals surface area contributed by atoms with E-state index in [2.05, 4.69) is 128 Å².